The van der Waals surface area contributed by atoms with Crippen LogP contribution in [0.3, 0.4) is 0 Å². The van der Waals surface area contributed by atoms with Crippen LogP contribution in [0.25, 0.3) is 0 Å². The number of nitrogens with one attached hydrogen (secondary N) is 2. The lowest BCUT2D eigenvalue weighted by molar-refractivity contribution is 0.396. The lowest BCUT2D eigenvalue weighted by Gasteiger charge is -2.31. The van der Waals surface area contributed by atoms with Gasteiger partial charge in [-0.25, -0.2) is 0 Å². The zero-order valence-corrected chi connectivity index (χ0v) is 13.6. The second kappa shape index (κ2) is 6.44. The van der Waals surface area contributed by atoms with Crippen LogP contribution in [0.1, 0.15) is 36.9 Å². The third kappa shape index (κ3) is 3.28. The third-order valence-electron chi connectivity index (χ3n) is 4.24. The Morgan fingerprint density at radius 1 is 1.14 bits per heavy atom. The molecule has 4 heteroatoms. The van der Waals surface area contributed by atoms with E-state index in [4.69, 9.17) is 12.2 Å². The molecule has 2 aromatic rings. The quantitative estimate of drug-likeness (QED) is 0.835. The molecule has 0 spiro atoms. The van der Waals surface area contributed by atoms with Crippen LogP contribution in [0.2, 0.25) is 0 Å². The number of thiocarbonyl (C=S) groups is 1. The van der Waals surface area contributed by atoms with Crippen molar-refractivity contribution in [3.63, 3.8) is 0 Å². The first kappa shape index (κ1) is 15.0. The highest BCUT2D eigenvalue weighted by atomic mass is 32.1. The molecule has 1 aromatic carbocycles. The monoisotopic (exact) mass is 311 g/mol. The van der Waals surface area contributed by atoms with Gasteiger partial charge in [0.05, 0.1) is 11.2 Å². The smallest absolute Gasteiger partial charge is 0.171 e. The van der Waals surface area contributed by atoms with E-state index in [1.54, 1.807) is 0 Å². The van der Waals surface area contributed by atoms with Crippen molar-refractivity contribution in [2.24, 2.45) is 0 Å². The van der Waals surface area contributed by atoms with Crippen molar-refractivity contribution in [3.8, 4) is 0 Å². The number of aromatic nitrogens is 1. The minimum Gasteiger partial charge on any atom is -0.351 e. The van der Waals surface area contributed by atoms with Gasteiger partial charge in [0, 0.05) is 11.9 Å². The summed E-state index contributed by atoms with van der Waals surface area (Å²) in [5.41, 5.74) is 3.19. The minimum absolute atomic E-state index is 0.130. The molecule has 3 nitrogen and oxygen atoms in total. The molecule has 0 saturated heterocycles. The molecule has 1 heterocycles. The molecule has 114 valence electrons. The average molecular weight is 311 g/mol. The highest BCUT2D eigenvalue weighted by Gasteiger charge is 2.37. The van der Waals surface area contributed by atoms with Gasteiger partial charge in [0.25, 0.3) is 0 Å². The van der Waals surface area contributed by atoms with Crippen LogP contribution in [0.5, 0.6) is 0 Å². The number of hydrogen-bond donors (Lipinski definition) is 2. The van der Waals surface area contributed by atoms with E-state index >= 15 is 0 Å². The molecule has 0 bridgehead atoms. The average Bonchev–Trinajstić information content (AvgIpc) is 2.98. The van der Waals surface area contributed by atoms with Crippen molar-refractivity contribution in [2.75, 3.05) is 5.32 Å². The summed E-state index contributed by atoms with van der Waals surface area (Å²) in [5.74, 6) is 0. The van der Waals surface area contributed by atoms with E-state index in [0.717, 1.165) is 24.2 Å². The highest BCUT2D eigenvalue weighted by Crippen LogP contribution is 2.37. The van der Waals surface area contributed by atoms with Crippen LogP contribution in [0.4, 0.5) is 5.69 Å². The van der Waals surface area contributed by atoms with Gasteiger partial charge in [0.2, 0.25) is 0 Å². The first-order valence-corrected chi connectivity index (χ1v) is 8.16. The molecular weight excluding hydrogens is 290 g/mol. The van der Waals surface area contributed by atoms with Crippen molar-refractivity contribution in [3.05, 3.63) is 59.9 Å². The summed E-state index contributed by atoms with van der Waals surface area (Å²) in [6.07, 6.45) is 6.40. The van der Waals surface area contributed by atoms with Crippen LogP contribution < -0.4 is 10.6 Å². The summed E-state index contributed by atoms with van der Waals surface area (Å²) in [6, 6.07) is 14.3. The number of rotatable bonds is 3. The molecule has 1 aromatic heterocycles. The minimum atomic E-state index is -0.130. The number of hydrogen-bond acceptors (Lipinski definition) is 2. The number of nitrogens with zero attached hydrogens (tertiary/aromatic N) is 1. The van der Waals surface area contributed by atoms with Crippen LogP contribution in [-0.4, -0.2) is 10.1 Å². The van der Waals surface area contributed by atoms with Gasteiger partial charge in [-0.05, 0) is 61.8 Å². The molecule has 0 unspecified atom stereocenters. The van der Waals surface area contributed by atoms with Crippen LogP contribution in [0.15, 0.2) is 48.7 Å². The van der Waals surface area contributed by atoms with Gasteiger partial charge in [0.15, 0.2) is 5.11 Å². The highest BCUT2D eigenvalue weighted by molar-refractivity contribution is 7.80. The van der Waals surface area contributed by atoms with Gasteiger partial charge >= 0.3 is 0 Å². The number of pyridine rings is 1. The fraction of sp³-hybridized carbons (Fsp3) is 0.333. The van der Waals surface area contributed by atoms with Gasteiger partial charge < -0.3 is 10.6 Å². The summed E-state index contributed by atoms with van der Waals surface area (Å²) in [5, 5.41) is 7.50. The molecule has 2 N–H and O–H groups in total. The number of benzene rings is 1. The SMILES string of the molecule is Cc1cccc(NC(=S)NC2(c3ccccn3)CCCC2)c1. The van der Waals surface area contributed by atoms with Crippen molar-refractivity contribution in [1.82, 2.24) is 10.3 Å². The van der Waals surface area contributed by atoms with E-state index in [1.165, 1.54) is 18.4 Å². The lowest BCUT2D eigenvalue weighted by Crippen LogP contribution is -2.46. The van der Waals surface area contributed by atoms with Crippen molar-refractivity contribution in [1.29, 1.82) is 0 Å². The molecule has 22 heavy (non-hydrogen) atoms. The van der Waals surface area contributed by atoms with Crippen LogP contribution >= 0.6 is 12.2 Å². The predicted molar refractivity (Wildman–Crippen MR) is 94.9 cm³/mol. The zero-order valence-electron chi connectivity index (χ0n) is 12.8. The molecule has 0 radical (unpaired) electrons. The third-order valence-corrected chi connectivity index (χ3v) is 4.45. The predicted octanol–water partition coefficient (Wildman–Crippen LogP) is 4.15. The lowest BCUT2D eigenvalue weighted by atomic mass is 9.93. The molecule has 3 rings (SSSR count). The summed E-state index contributed by atoms with van der Waals surface area (Å²) in [6.45, 7) is 2.08. The second-order valence-corrected chi connectivity index (χ2v) is 6.36. The number of aryl methyl sites for hydroxylation is 1. The molecule has 1 aliphatic rings. The van der Waals surface area contributed by atoms with Gasteiger partial charge in [-0.3, -0.25) is 4.98 Å². The Bertz CT molecular complexity index is 648. The van der Waals surface area contributed by atoms with Crippen molar-refractivity contribution >= 4 is 23.0 Å². The Morgan fingerprint density at radius 3 is 2.64 bits per heavy atom. The maximum absolute atomic E-state index is 5.54. The maximum atomic E-state index is 5.54. The van der Waals surface area contributed by atoms with Gasteiger partial charge in [-0.1, -0.05) is 31.0 Å². The Labute approximate surface area is 137 Å². The van der Waals surface area contributed by atoms with E-state index in [1.807, 2.05) is 30.5 Å². The Kier molecular flexibility index (Phi) is 4.39. The van der Waals surface area contributed by atoms with E-state index < -0.39 is 0 Å². The Balaban J connectivity index is 1.76. The van der Waals surface area contributed by atoms with E-state index in [9.17, 15) is 0 Å². The molecule has 1 aliphatic carbocycles. The molecule has 1 saturated carbocycles. The first-order chi connectivity index (χ1) is 10.7. The van der Waals surface area contributed by atoms with Crippen LogP contribution in [-0.2, 0) is 5.54 Å². The molecule has 0 atom stereocenters. The van der Waals surface area contributed by atoms with Crippen molar-refractivity contribution in [2.45, 2.75) is 38.1 Å². The Morgan fingerprint density at radius 2 is 1.95 bits per heavy atom. The molecular formula is C18H21N3S. The van der Waals surface area contributed by atoms with Gasteiger partial charge in [0.1, 0.15) is 0 Å². The van der Waals surface area contributed by atoms with Crippen molar-refractivity contribution < 1.29 is 0 Å². The summed E-state index contributed by atoms with van der Waals surface area (Å²) >= 11 is 5.54. The standard InChI is InChI=1S/C18H21N3S/c1-14-7-6-8-15(13-14)20-17(22)21-18(10-3-4-11-18)16-9-2-5-12-19-16/h2,5-9,12-13H,3-4,10-11H2,1H3,(H2,20,21,22). The topological polar surface area (TPSA) is 37.0 Å². The summed E-state index contributed by atoms with van der Waals surface area (Å²) < 4.78 is 0. The Hall–Kier alpha value is -1.94. The normalized spacial score (nSPS) is 16.2. The largest absolute Gasteiger partial charge is 0.351 e. The number of anilines is 1. The molecule has 0 amide bonds. The molecule has 1 fully saturated rings. The molecule has 0 aliphatic heterocycles. The van der Waals surface area contributed by atoms with Gasteiger partial charge in [-0.2, -0.15) is 0 Å². The maximum Gasteiger partial charge on any atom is 0.171 e. The first-order valence-electron chi connectivity index (χ1n) is 7.75. The van der Waals surface area contributed by atoms with E-state index in [2.05, 4.69) is 40.7 Å². The van der Waals surface area contributed by atoms with Crippen LogP contribution in [0, 0.1) is 6.92 Å². The second-order valence-electron chi connectivity index (χ2n) is 5.95. The van der Waals surface area contributed by atoms with E-state index in [-0.39, 0.29) is 5.54 Å². The fourth-order valence-corrected chi connectivity index (χ4v) is 3.49. The summed E-state index contributed by atoms with van der Waals surface area (Å²) in [4.78, 5) is 4.56. The van der Waals surface area contributed by atoms with Gasteiger partial charge in [-0.15, -0.1) is 0 Å². The zero-order chi connectivity index (χ0) is 15.4. The van der Waals surface area contributed by atoms with E-state index in [0.29, 0.717) is 5.11 Å². The fourth-order valence-electron chi connectivity index (χ4n) is 3.17. The summed E-state index contributed by atoms with van der Waals surface area (Å²) in [7, 11) is 0.